The van der Waals surface area contributed by atoms with E-state index in [0.29, 0.717) is 6.04 Å². The molecule has 0 aliphatic rings. The number of hydrogen-bond donors (Lipinski definition) is 1. The van der Waals surface area contributed by atoms with E-state index >= 15 is 0 Å². The van der Waals surface area contributed by atoms with Gasteiger partial charge in [0.05, 0.1) is 0 Å². The highest BCUT2D eigenvalue weighted by Crippen LogP contribution is 2.31. The van der Waals surface area contributed by atoms with Gasteiger partial charge in [-0.2, -0.15) is 0 Å². The molecule has 0 aliphatic heterocycles. The molecule has 0 radical (unpaired) electrons. The van der Waals surface area contributed by atoms with Crippen molar-refractivity contribution in [2.75, 3.05) is 6.54 Å². The van der Waals surface area contributed by atoms with Crippen LogP contribution in [0.2, 0.25) is 0 Å². The molecule has 1 rings (SSSR count). The number of nitrogens with one attached hydrogen (secondary N) is 1. The molecule has 1 N–H and O–H groups in total. The third kappa shape index (κ3) is 2.82. The maximum Gasteiger partial charge on any atom is 0.0386 e. The van der Waals surface area contributed by atoms with Crippen molar-refractivity contribution in [3.05, 3.63) is 21.9 Å². The number of rotatable bonds is 3. The maximum atomic E-state index is 3.44. The fourth-order valence-corrected chi connectivity index (χ4v) is 2.49. The zero-order chi connectivity index (χ0) is 10.8. The monoisotopic (exact) mass is 211 g/mol. The first-order chi connectivity index (χ1) is 6.45. The molecule has 0 aliphatic carbocycles. The molecule has 0 amide bonds. The van der Waals surface area contributed by atoms with Gasteiger partial charge >= 0.3 is 0 Å². The lowest BCUT2D eigenvalue weighted by molar-refractivity contribution is 0.603. The lowest BCUT2D eigenvalue weighted by Gasteiger charge is -2.16. The van der Waals surface area contributed by atoms with Crippen molar-refractivity contribution in [3.8, 4) is 0 Å². The highest BCUT2D eigenvalue weighted by molar-refractivity contribution is 7.12. The quantitative estimate of drug-likeness (QED) is 0.803. The zero-order valence-corrected chi connectivity index (χ0v) is 10.7. The Labute approximate surface area is 91.5 Å². The Bertz CT molecular complexity index is 283. The first kappa shape index (κ1) is 11.7. The topological polar surface area (TPSA) is 12.0 Å². The molecule has 1 atom stereocenters. The van der Waals surface area contributed by atoms with Gasteiger partial charge in [0.15, 0.2) is 0 Å². The third-order valence-corrected chi connectivity index (χ3v) is 4.00. The normalized spacial score (nSPS) is 14.4. The zero-order valence-electron chi connectivity index (χ0n) is 9.85. The van der Waals surface area contributed by atoms with Gasteiger partial charge in [-0.05, 0) is 31.0 Å². The van der Waals surface area contributed by atoms with Crippen molar-refractivity contribution < 1.29 is 0 Å². The van der Waals surface area contributed by atoms with Gasteiger partial charge in [0, 0.05) is 15.8 Å². The van der Waals surface area contributed by atoms with Crippen LogP contribution in [0, 0.1) is 0 Å². The van der Waals surface area contributed by atoms with E-state index < -0.39 is 0 Å². The second-order valence-corrected chi connectivity index (χ2v) is 5.85. The van der Waals surface area contributed by atoms with Crippen molar-refractivity contribution in [1.29, 1.82) is 0 Å². The Morgan fingerprint density at radius 2 is 2.00 bits per heavy atom. The van der Waals surface area contributed by atoms with Crippen molar-refractivity contribution in [3.63, 3.8) is 0 Å². The highest BCUT2D eigenvalue weighted by Gasteiger charge is 2.17. The molecule has 1 unspecified atom stereocenters. The second-order valence-electron chi connectivity index (χ2n) is 4.73. The largest absolute Gasteiger partial charge is 0.310 e. The summed E-state index contributed by atoms with van der Waals surface area (Å²) in [5, 5.41) is 3.44. The first-order valence-corrected chi connectivity index (χ1v) is 6.10. The highest BCUT2D eigenvalue weighted by atomic mass is 32.1. The molecule has 1 aromatic heterocycles. The van der Waals surface area contributed by atoms with Crippen molar-refractivity contribution in [2.45, 2.75) is 46.1 Å². The van der Waals surface area contributed by atoms with Crippen LogP contribution in [0.4, 0.5) is 0 Å². The Morgan fingerprint density at radius 1 is 1.36 bits per heavy atom. The molecule has 0 saturated carbocycles. The van der Waals surface area contributed by atoms with Crippen LogP contribution in [-0.2, 0) is 5.41 Å². The van der Waals surface area contributed by atoms with Crippen molar-refractivity contribution >= 4 is 11.3 Å². The molecule has 0 bridgehead atoms. The number of thiophene rings is 1. The van der Waals surface area contributed by atoms with Gasteiger partial charge in [-0.3, -0.25) is 0 Å². The van der Waals surface area contributed by atoms with Crippen LogP contribution in [0.25, 0.3) is 0 Å². The predicted octanol–water partition coefficient (Wildman–Crippen LogP) is 3.72. The summed E-state index contributed by atoms with van der Waals surface area (Å²) in [7, 11) is 0. The Balaban J connectivity index is 2.78. The van der Waals surface area contributed by atoms with E-state index in [-0.39, 0.29) is 5.41 Å². The summed E-state index contributed by atoms with van der Waals surface area (Å²) in [5.74, 6) is 0. The minimum absolute atomic E-state index is 0.287. The summed E-state index contributed by atoms with van der Waals surface area (Å²) in [6, 6.07) is 4.99. The molecular weight excluding hydrogens is 190 g/mol. The van der Waals surface area contributed by atoms with Gasteiger partial charge in [0.25, 0.3) is 0 Å². The van der Waals surface area contributed by atoms with Gasteiger partial charge < -0.3 is 5.32 Å². The molecule has 0 saturated heterocycles. The Hall–Kier alpha value is -0.340. The van der Waals surface area contributed by atoms with Gasteiger partial charge in [-0.15, -0.1) is 11.3 Å². The summed E-state index contributed by atoms with van der Waals surface area (Å²) in [6.45, 7) is 12.2. The fraction of sp³-hybridized carbons (Fsp3) is 0.667. The summed E-state index contributed by atoms with van der Waals surface area (Å²) in [6.07, 6.45) is 0. The Morgan fingerprint density at radius 3 is 2.43 bits per heavy atom. The van der Waals surface area contributed by atoms with Crippen LogP contribution >= 0.6 is 11.3 Å². The van der Waals surface area contributed by atoms with E-state index in [4.69, 9.17) is 0 Å². The molecule has 80 valence electrons. The lowest BCUT2D eigenvalue weighted by Crippen LogP contribution is -2.16. The van der Waals surface area contributed by atoms with E-state index in [1.165, 1.54) is 9.75 Å². The molecule has 1 heterocycles. The molecule has 14 heavy (non-hydrogen) atoms. The van der Waals surface area contributed by atoms with Crippen molar-refractivity contribution in [2.24, 2.45) is 0 Å². The van der Waals surface area contributed by atoms with Crippen LogP contribution in [0.5, 0.6) is 0 Å². The van der Waals surface area contributed by atoms with E-state index in [1.54, 1.807) is 0 Å². The molecular formula is C12H21NS. The van der Waals surface area contributed by atoms with Crippen LogP contribution in [0.15, 0.2) is 12.1 Å². The van der Waals surface area contributed by atoms with Crippen LogP contribution in [0.1, 0.15) is 50.4 Å². The van der Waals surface area contributed by atoms with Crippen LogP contribution in [0.3, 0.4) is 0 Å². The molecule has 0 aromatic carbocycles. The average molecular weight is 211 g/mol. The summed E-state index contributed by atoms with van der Waals surface area (Å²) < 4.78 is 0. The van der Waals surface area contributed by atoms with Gasteiger partial charge in [-0.1, -0.05) is 27.7 Å². The second kappa shape index (κ2) is 4.45. The molecule has 1 nitrogen and oxygen atoms in total. The molecule has 0 fully saturated rings. The van der Waals surface area contributed by atoms with Crippen molar-refractivity contribution in [1.82, 2.24) is 5.32 Å². The predicted molar refractivity (Wildman–Crippen MR) is 65.1 cm³/mol. The Kier molecular flexibility index (Phi) is 3.73. The van der Waals surface area contributed by atoms with Gasteiger partial charge in [-0.25, -0.2) is 0 Å². The van der Waals surface area contributed by atoms with Crippen LogP contribution < -0.4 is 5.32 Å². The van der Waals surface area contributed by atoms with Crippen LogP contribution in [-0.4, -0.2) is 6.54 Å². The summed E-state index contributed by atoms with van der Waals surface area (Å²) in [4.78, 5) is 2.91. The minimum Gasteiger partial charge on any atom is -0.310 e. The average Bonchev–Trinajstić information content (AvgIpc) is 2.51. The van der Waals surface area contributed by atoms with E-state index in [1.807, 2.05) is 11.3 Å². The van der Waals surface area contributed by atoms with E-state index in [2.05, 4.69) is 52.1 Å². The summed E-state index contributed by atoms with van der Waals surface area (Å²) in [5.41, 5.74) is 0.287. The van der Waals surface area contributed by atoms with Gasteiger partial charge in [0.2, 0.25) is 0 Å². The summed E-state index contributed by atoms with van der Waals surface area (Å²) >= 11 is 1.93. The third-order valence-electron chi connectivity index (χ3n) is 2.30. The standard InChI is InChI=1S/C12H21NS/c1-6-13-9(2)10-7-8-11(14-10)12(3,4)5/h7-9,13H,6H2,1-5H3. The maximum absolute atomic E-state index is 3.44. The minimum atomic E-state index is 0.287. The molecule has 2 heteroatoms. The lowest BCUT2D eigenvalue weighted by atomic mass is 9.95. The van der Waals surface area contributed by atoms with Gasteiger partial charge in [0.1, 0.15) is 0 Å². The SMILES string of the molecule is CCNC(C)c1ccc(C(C)(C)C)s1. The van der Waals surface area contributed by atoms with E-state index in [9.17, 15) is 0 Å². The smallest absolute Gasteiger partial charge is 0.0386 e. The molecule has 1 aromatic rings. The van der Waals surface area contributed by atoms with E-state index in [0.717, 1.165) is 6.54 Å². The molecule has 0 spiro atoms. The number of hydrogen-bond acceptors (Lipinski definition) is 2. The fourth-order valence-electron chi connectivity index (χ4n) is 1.40. The first-order valence-electron chi connectivity index (χ1n) is 5.28.